The topological polar surface area (TPSA) is 75.1 Å². The Hall–Kier alpha value is -2.43. The fraction of sp³-hybridized carbons (Fsp3) is 0.267. The second-order valence-corrected chi connectivity index (χ2v) is 4.96. The molecule has 102 valence electrons. The zero-order chi connectivity index (χ0) is 13.9. The van der Waals surface area contributed by atoms with Crippen LogP contribution in [-0.2, 0) is 0 Å². The van der Waals surface area contributed by atoms with Crippen molar-refractivity contribution in [1.29, 1.82) is 0 Å². The molecule has 1 aromatic heterocycles. The van der Waals surface area contributed by atoms with Crippen molar-refractivity contribution in [2.45, 2.75) is 18.9 Å². The quantitative estimate of drug-likeness (QED) is 0.873. The number of carboxylic acids is 1. The van der Waals surface area contributed by atoms with Crippen LogP contribution < -0.4 is 5.32 Å². The average Bonchev–Trinajstić information content (AvgIpc) is 3.31. The van der Waals surface area contributed by atoms with Crippen molar-refractivity contribution in [2.24, 2.45) is 5.92 Å². The molecule has 1 aromatic carbocycles. The number of carboxylic acid groups (broad SMARTS) is 1. The highest BCUT2D eigenvalue weighted by Crippen LogP contribution is 2.42. The lowest BCUT2D eigenvalue weighted by molar-refractivity contribution is 0.0690. The summed E-state index contributed by atoms with van der Waals surface area (Å²) >= 11 is 0. The van der Waals surface area contributed by atoms with Gasteiger partial charge in [0.2, 0.25) is 0 Å². The summed E-state index contributed by atoms with van der Waals surface area (Å²) in [5.41, 5.74) is 1.18. The molecule has 1 fully saturated rings. The molecule has 0 radical (unpaired) electrons. The second kappa shape index (κ2) is 5.28. The number of aromatic carboxylic acids is 1. The van der Waals surface area contributed by atoms with Gasteiger partial charge in [-0.2, -0.15) is 0 Å². The Morgan fingerprint density at radius 1 is 1.20 bits per heavy atom. The molecular formula is C15H15N3O2. The summed E-state index contributed by atoms with van der Waals surface area (Å²) in [4.78, 5) is 18.8. The monoisotopic (exact) mass is 269 g/mol. The van der Waals surface area contributed by atoms with Gasteiger partial charge in [0.15, 0.2) is 5.69 Å². The van der Waals surface area contributed by atoms with Gasteiger partial charge >= 0.3 is 5.97 Å². The second-order valence-electron chi connectivity index (χ2n) is 4.96. The Morgan fingerprint density at radius 2 is 1.95 bits per heavy atom. The molecule has 1 aliphatic carbocycles. The zero-order valence-corrected chi connectivity index (χ0v) is 10.9. The number of benzene rings is 1. The predicted octanol–water partition coefficient (Wildman–Crippen LogP) is 2.74. The number of nitrogens with one attached hydrogen (secondary N) is 1. The van der Waals surface area contributed by atoms with Gasteiger partial charge in [-0.25, -0.2) is 14.8 Å². The van der Waals surface area contributed by atoms with Crippen LogP contribution in [0.1, 0.15) is 34.9 Å². The predicted molar refractivity (Wildman–Crippen MR) is 74.5 cm³/mol. The van der Waals surface area contributed by atoms with Crippen LogP contribution >= 0.6 is 0 Å². The van der Waals surface area contributed by atoms with E-state index in [2.05, 4.69) is 27.4 Å². The van der Waals surface area contributed by atoms with Crippen LogP contribution in [0.5, 0.6) is 0 Å². The molecule has 1 heterocycles. The molecule has 0 saturated heterocycles. The molecule has 5 nitrogen and oxygen atoms in total. The van der Waals surface area contributed by atoms with Crippen LogP contribution in [-0.4, -0.2) is 21.0 Å². The van der Waals surface area contributed by atoms with E-state index in [0.717, 1.165) is 0 Å². The van der Waals surface area contributed by atoms with Crippen LogP contribution in [0.15, 0.2) is 42.7 Å². The highest BCUT2D eigenvalue weighted by molar-refractivity contribution is 5.84. The van der Waals surface area contributed by atoms with E-state index in [1.165, 1.54) is 30.8 Å². The van der Waals surface area contributed by atoms with Gasteiger partial charge in [0.05, 0.1) is 18.4 Å². The lowest BCUT2D eigenvalue weighted by Gasteiger charge is -2.19. The van der Waals surface area contributed by atoms with Gasteiger partial charge in [0, 0.05) is 0 Å². The van der Waals surface area contributed by atoms with Crippen LogP contribution in [0.4, 0.5) is 5.82 Å². The first kappa shape index (κ1) is 12.6. The van der Waals surface area contributed by atoms with E-state index >= 15 is 0 Å². The SMILES string of the molecule is O=C(O)c1cnc(NC(c2ccccc2)C2CC2)cn1. The number of anilines is 1. The van der Waals surface area contributed by atoms with Crippen molar-refractivity contribution in [2.75, 3.05) is 5.32 Å². The van der Waals surface area contributed by atoms with Crippen molar-refractivity contribution in [3.8, 4) is 0 Å². The highest BCUT2D eigenvalue weighted by Gasteiger charge is 2.32. The largest absolute Gasteiger partial charge is 0.476 e. The van der Waals surface area contributed by atoms with E-state index in [-0.39, 0.29) is 11.7 Å². The van der Waals surface area contributed by atoms with Crippen LogP contribution in [0.2, 0.25) is 0 Å². The zero-order valence-electron chi connectivity index (χ0n) is 10.9. The molecule has 0 bridgehead atoms. The summed E-state index contributed by atoms with van der Waals surface area (Å²) in [7, 11) is 0. The number of hydrogen-bond donors (Lipinski definition) is 2. The summed E-state index contributed by atoms with van der Waals surface area (Å²) in [6.45, 7) is 0. The van der Waals surface area contributed by atoms with Crippen LogP contribution in [0.25, 0.3) is 0 Å². The Bertz CT molecular complexity index is 594. The van der Waals surface area contributed by atoms with E-state index in [1.807, 2.05) is 18.2 Å². The molecule has 2 aromatic rings. The third kappa shape index (κ3) is 2.77. The molecule has 2 N–H and O–H groups in total. The standard InChI is InChI=1S/C15H15N3O2/c19-15(20)12-8-17-13(9-16-12)18-14(11-6-7-11)10-4-2-1-3-5-10/h1-5,8-9,11,14H,6-7H2,(H,17,18)(H,19,20). The van der Waals surface area contributed by atoms with Crippen molar-refractivity contribution in [3.05, 3.63) is 54.0 Å². The minimum absolute atomic E-state index is 0.0433. The van der Waals surface area contributed by atoms with E-state index in [4.69, 9.17) is 5.11 Å². The molecule has 0 amide bonds. The number of rotatable bonds is 5. The van der Waals surface area contributed by atoms with Gasteiger partial charge in [-0.05, 0) is 24.3 Å². The van der Waals surface area contributed by atoms with Gasteiger partial charge in [0.25, 0.3) is 0 Å². The lowest BCUT2D eigenvalue weighted by atomic mass is 10.0. The van der Waals surface area contributed by atoms with Crippen molar-refractivity contribution in [3.63, 3.8) is 0 Å². The Labute approximate surface area is 116 Å². The first-order valence-electron chi connectivity index (χ1n) is 6.61. The molecule has 1 aliphatic rings. The number of carbonyl (C=O) groups is 1. The van der Waals surface area contributed by atoms with Gasteiger partial charge < -0.3 is 10.4 Å². The van der Waals surface area contributed by atoms with Gasteiger partial charge in [0.1, 0.15) is 5.82 Å². The van der Waals surface area contributed by atoms with Crippen molar-refractivity contribution < 1.29 is 9.90 Å². The lowest BCUT2D eigenvalue weighted by Crippen LogP contribution is -2.14. The Balaban J connectivity index is 1.78. The summed E-state index contributed by atoms with van der Waals surface area (Å²) in [6, 6.07) is 10.4. The van der Waals surface area contributed by atoms with Gasteiger partial charge in [-0.15, -0.1) is 0 Å². The van der Waals surface area contributed by atoms with Gasteiger partial charge in [-0.1, -0.05) is 30.3 Å². The smallest absolute Gasteiger partial charge is 0.356 e. The van der Waals surface area contributed by atoms with Crippen molar-refractivity contribution >= 4 is 11.8 Å². The first-order valence-corrected chi connectivity index (χ1v) is 6.61. The molecule has 1 saturated carbocycles. The summed E-state index contributed by atoms with van der Waals surface area (Å²) in [5.74, 6) is 0.153. The highest BCUT2D eigenvalue weighted by atomic mass is 16.4. The molecule has 0 spiro atoms. The van der Waals surface area contributed by atoms with E-state index in [1.54, 1.807) is 0 Å². The van der Waals surface area contributed by atoms with Crippen LogP contribution in [0.3, 0.4) is 0 Å². The Morgan fingerprint density at radius 3 is 2.50 bits per heavy atom. The summed E-state index contributed by atoms with van der Waals surface area (Å²) < 4.78 is 0. The third-order valence-corrected chi connectivity index (χ3v) is 3.43. The average molecular weight is 269 g/mol. The normalized spacial score (nSPS) is 15.6. The minimum atomic E-state index is -1.06. The molecule has 3 rings (SSSR count). The summed E-state index contributed by atoms with van der Waals surface area (Å²) in [5, 5.41) is 12.2. The maximum Gasteiger partial charge on any atom is 0.356 e. The molecule has 5 heteroatoms. The maximum absolute atomic E-state index is 10.8. The molecule has 0 aliphatic heterocycles. The minimum Gasteiger partial charge on any atom is -0.476 e. The van der Waals surface area contributed by atoms with E-state index in [9.17, 15) is 4.79 Å². The number of aromatic nitrogens is 2. The van der Waals surface area contributed by atoms with Gasteiger partial charge in [-0.3, -0.25) is 0 Å². The number of hydrogen-bond acceptors (Lipinski definition) is 4. The van der Waals surface area contributed by atoms with E-state index < -0.39 is 5.97 Å². The Kier molecular flexibility index (Phi) is 3.33. The van der Waals surface area contributed by atoms with E-state index in [0.29, 0.717) is 11.7 Å². The fourth-order valence-electron chi connectivity index (χ4n) is 2.24. The van der Waals surface area contributed by atoms with Crippen LogP contribution in [0, 0.1) is 5.92 Å². The summed E-state index contributed by atoms with van der Waals surface area (Å²) in [6.07, 6.45) is 5.15. The molecule has 1 unspecified atom stereocenters. The molecular weight excluding hydrogens is 254 g/mol. The third-order valence-electron chi connectivity index (χ3n) is 3.43. The fourth-order valence-corrected chi connectivity index (χ4v) is 2.24. The first-order chi connectivity index (χ1) is 9.74. The van der Waals surface area contributed by atoms with Crippen molar-refractivity contribution in [1.82, 2.24) is 9.97 Å². The molecule has 20 heavy (non-hydrogen) atoms. The number of nitrogens with zero attached hydrogens (tertiary/aromatic N) is 2. The maximum atomic E-state index is 10.8. The molecule has 1 atom stereocenters.